The second-order valence-electron chi connectivity index (χ2n) is 4.01. The average Bonchev–Trinajstić information content (AvgIpc) is 2.84. The first-order valence-electron chi connectivity index (χ1n) is 5.15. The molecule has 0 aromatic heterocycles. The van der Waals surface area contributed by atoms with E-state index < -0.39 is 11.1 Å². The van der Waals surface area contributed by atoms with Crippen molar-refractivity contribution in [1.29, 1.82) is 0 Å². The van der Waals surface area contributed by atoms with Crippen LogP contribution in [0.2, 0.25) is 0 Å². The topological polar surface area (TPSA) is 26.3 Å². The van der Waals surface area contributed by atoms with Crippen LogP contribution in [-0.4, -0.2) is 11.1 Å². The maximum atomic E-state index is 12.9. The van der Waals surface area contributed by atoms with Gasteiger partial charge in [-0.2, -0.15) is 0 Å². The Morgan fingerprint density at radius 2 is 2.12 bits per heavy atom. The number of benzene rings is 1. The van der Waals surface area contributed by atoms with Gasteiger partial charge in [0.25, 0.3) is 0 Å². The highest BCUT2D eigenvalue weighted by Gasteiger charge is 2.55. The fourth-order valence-corrected chi connectivity index (χ4v) is 1.75. The smallest absolute Gasteiger partial charge is 0.306 e. The van der Waals surface area contributed by atoms with Crippen molar-refractivity contribution < 1.29 is 13.9 Å². The number of alkyl halides is 2. The van der Waals surface area contributed by atoms with Gasteiger partial charge >= 0.3 is 5.97 Å². The summed E-state index contributed by atoms with van der Waals surface area (Å²) in [5.41, 5.74) is 0.920. The predicted octanol–water partition coefficient (Wildman–Crippen LogP) is 3.04. The van der Waals surface area contributed by atoms with E-state index in [1.807, 2.05) is 30.3 Å². The molecular formula is C12H12ClFO2. The van der Waals surface area contributed by atoms with Gasteiger partial charge in [-0.25, -0.2) is 4.39 Å². The van der Waals surface area contributed by atoms with E-state index in [1.165, 1.54) is 0 Å². The van der Waals surface area contributed by atoms with Crippen LogP contribution < -0.4 is 0 Å². The van der Waals surface area contributed by atoms with Gasteiger partial charge in [0.1, 0.15) is 6.61 Å². The molecule has 2 atom stereocenters. The largest absolute Gasteiger partial charge is 0.461 e. The number of esters is 1. The molecule has 0 N–H and O–H groups in total. The summed E-state index contributed by atoms with van der Waals surface area (Å²) < 4.78 is 18.0. The van der Waals surface area contributed by atoms with Crippen LogP contribution in [0.4, 0.5) is 4.39 Å². The number of carbonyl (C=O) groups is 1. The van der Waals surface area contributed by atoms with Crippen molar-refractivity contribution in [3.05, 3.63) is 35.9 Å². The van der Waals surface area contributed by atoms with Crippen LogP contribution in [0.15, 0.2) is 30.3 Å². The lowest BCUT2D eigenvalue weighted by Crippen LogP contribution is -2.07. The lowest BCUT2D eigenvalue weighted by molar-refractivity contribution is -0.145. The zero-order chi connectivity index (χ0) is 11.6. The lowest BCUT2D eigenvalue weighted by atomic mass is 10.2. The number of hydrogen-bond donors (Lipinski definition) is 0. The van der Waals surface area contributed by atoms with E-state index in [1.54, 1.807) is 0 Å². The molecule has 0 heterocycles. The molecule has 1 saturated carbocycles. The molecule has 2 rings (SSSR count). The Kier molecular flexibility index (Phi) is 3.15. The quantitative estimate of drug-likeness (QED) is 0.599. The fourth-order valence-electron chi connectivity index (χ4n) is 1.49. The molecule has 0 radical (unpaired) electrons. The van der Waals surface area contributed by atoms with Gasteiger partial charge in [0.2, 0.25) is 0 Å². The minimum absolute atomic E-state index is 0.0623. The van der Waals surface area contributed by atoms with E-state index in [0.717, 1.165) is 5.56 Å². The van der Waals surface area contributed by atoms with E-state index in [-0.39, 0.29) is 25.4 Å². The molecule has 0 bridgehead atoms. The third kappa shape index (κ3) is 2.95. The monoisotopic (exact) mass is 242 g/mol. The number of carbonyl (C=O) groups excluding carboxylic acids is 1. The number of hydrogen-bond acceptors (Lipinski definition) is 2. The van der Waals surface area contributed by atoms with Crippen molar-refractivity contribution in [2.24, 2.45) is 5.92 Å². The summed E-state index contributed by atoms with van der Waals surface area (Å²) in [6.07, 6.45) is 0.307. The van der Waals surface area contributed by atoms with Crippen molar-refractivity contribution in [2.75, 3.05) is 0 Å². The van der Waals surface area contributed by atoms with Crippen molar-refractivity contribution in [3.63, 3.8) is 0 Å². The summed E-state index contributed by atoms with van der Waals surface area (Å²) in [5, 5.41) is -1.67. The zero-order valence-corrected chi connectivity index (χ0v) is 9.41. The molecule has 4 heteroatoms. The van der Waals surface area contributed by atoms with Gasteiger partial charge in [0.05, 0.1) is 6.42 Å². The molecule has 0 aliphatic heterocycles. The Bertz CT molecular complexity index is 378. The second-order valence-corrected chi connectivity index (χ2v) is 4.64. The summed E-state index contributed by atoms with van der Waals surface area (Å²) >= 11 is 5.39. The summed E-state index contributed by atoms with van der Waals surface area (Å²) in [6, 6.07) is 9.36. The summed E-state index contributed by atoms with van der Waals surface area (Å²) in [4.78, 5) is 11.3. The third-order valence-corrected chi connectivity index (χ3v) is 3.07. The standard InChI is InChI=1S/C12H12ClFO2/c13-12(14)7-10(12)6-11(15)16-8-9-4-2-1-3-5-9/h1-5,10H,6-8H2. The molecule has 0 spiro atoms. The molecule has 0 amide bonds. The van der Waals surface area contributed by atoms with Crippen molar-refractivity contribution in [3.8, 4) is 0 Å². The maximum absolute atomic E-state index is 12.9. The Morgan fingerprint density at radius 1 is 1.50 bits per heavy atom. The molecule has 1 aromatic rings. The van der Waals surface area contributed by atoms with Crippen molar-refractivity contribution >= 4 is 17.6 Å². The van der Waals surface area contributed by atoms with Gasteiger partial charge in [-0.3, -0.25) is 4.79 Å². The summed E-state index contributed by atoms with van der Waals surface area (Å²) in [5.74, 6) is -0.772. The van der Waals surface area contributed by atoms with Crippen LogP contribution in [0.5, 0.6) is 0 Å². The predicted molar refractivity (Wildman–Crippen MR) is 58.7 cm³/mol. The van der Waals surface area contributed by atoms with Crippen LogP contribution in [0.1, 0.15) is 18.4 Å². The van der Waals surface area contributed by atoms with Crippen LogP contribution in [0.3, 0.4) is 0 Å². The lowest BCUT2D eigenvalue weighted by Gasteiger charge is -2.04. The number of ether oxygens (including phenoxy) is 1. The Hall–Kier alpha value is -1.09. The Morgan fingerprint density at radius 3 is 2.69 bits per heavy atom. The van der Waals surface area contributed by atoms with Crippen LogP contribution in [-0.2, 0) is 16.1 Å². The van der Waals surface area contributed by atoms with E-state index in [4.69, 9.17) is 16.3 Å². The van der Waals surface area contributed by atoms with Gasteiger partial charge in [-0.15, -0.1) is 0 Å². The van der Waals surface area contributed by atoms with E-state index in [9.17, 15) is 9.18 Å². The normalized spacial score (nSPS) is 27.5. The van der Waals surface area contributed by atoms with Gasteiger partial charge in [0, 0.05) is 12.3 Å². The second kappa shape index (κ2) is 4.42. The molecule has 1 aromatic carbocycles. The van der Waals surface area contributed by atoms with Crippen LogP contribution >= 0.6 is 11.6 Å². The Labute approximate surface area is 98.4 Å². The Balaban J connectivity index is 1.73. The SMILES string of the molecule is O=C(CC1CC1(F)Cl)OCc1ccccc1. The zero-order valence-electron chi connectivity index (χ0n) is 8.66. The molecular weight excluding hydrogens is 231 g/mol. The van der Waals surface area contributed by atoms with Gasteiger partial charge < -0.3 is 4.74 Å². The highest BCUT2D eigenvalue weighted by molar-refractivity contribution is 6.25. The molecule has 1 aliphatic rings. The molecule has 1 aliphatic carbocycles. The molecule has 2 nitrogen and oxygen atoms in total. The van der Waals surface area contributed by atoms with Crippen LogP contribution in [0, 0.1) is 5.92 Å². The highest BCUT2D eigenvalue weighted by atomic mass is 35.5. The molecule has 86 valence electrons. The minimum atomic E-state index is -1.67. The van der Waals surface area contributed by atoms with Crippen LogP contribution in [0.25, 0.3) is 0 Å². The van der Waals surface area contributed by atoms with Crippen molar-refractivity contribution in [2.45, 2.75) is 24.6 Å². The molecule has 0 saturated heterocycles. The van der Waals surface area contributed by atoms with Gasteiger partial charge in [-0.05, 0) is 5.56 Å². The van der Waals surface area contributed by atoms with Crippen molar-refractivity contribution in [1.82, 2.24) is 0 Å². The van der Waals surface area contributed by atoms with E-state index >= 15 is 0 Å². The summed E-state index contributed by atoms with van der Waals surface area (Å²) in [6.45, 7) is 0.230. The first-order chi connectivity index (χ1) is 7.58. The third-order valence-electron chi connectivity index (χ3n) is 2.61. The highest BCUT2D eigenvalue weighted by Crippen LogP contribution is 2.52. The maximum Gasteiger partial charge on any atom is 0.306 e. The number of rotatable bonds is 4. The van der Waals surface area contributed by atoms with Gasteiger partial charge in [-0.1, -0.05) is 41.9 Å². The number of halogens is 2. The molecule has 16 heavy (non-hydrogen) atoms. The first kappa shape index (κ1) is 11.4. The average molecular weight is 243 g/mol. The van der Waals surface area contributed by atoms with E-state index in [2.05, 4.69) is 0 Å². The first-order valence-corrected chi connectivity index (χ1v) is 5.53. The van der Waals surface area contributed by atoms with E-state index in [0.29, 0.717) is 0 Å². The fraction of sp³-hybridized carbons (Fsp3) is 0.417. The van der Waals surface area contributed by atoms with Gasteiger partial charge in [0.15, 0.2) is 5.13 Å². The summed E-state index contributed by atoms with van der Waals surface area (Å²) in [7, 11) is 0. The molecule has 2 unspecified atom stereocenters. The minimum Gasteiger partial charge on any atom is -0.461 e. The molecule has 1 fully saturated rings.